The van der Waals surface area contributed by atoms with Crippen LogP contribution >= 0.6 is 11.3 Å². The number of rotatable bonds is 7. The number of aromatic nitrogens is 3. The molecule has 0 bridgehead atoms. The standard InChI is InChI=1S/C23H16F2N4O5S/c1-31-17-7-3-2-6-14(17)16-11-26-10-9-15(16)20(30)27-21-28-29-22(35-21)32-12-13-5-4-8-18-19(13)34-23(24,25)33-18/h2-11H,12H2,1H3,(H,27,28,30). The molecule has 0 fully saturated rings. The number of methoxy groups -OCH3 is 1. The first kappa shape index (κ1) is 22.5. The van der Waals surface area contributed by atoms with Crippen LogP contribution in [0.2, 0.25) is 0 Å². The highest BCUT2D eigenvalue weighted by molar-refractivity contribution is 7.17. The largest absolute Gasteiger partial charge is 0.586 e. The summed E-state index contributed by atoms with van der Waals surface area (Å²) in [5.74, 6) is -0.00743. The molecule has 1 aliphatic heterocycles. The fourth-order valence-corrected chi connectivity index (χ4v) is 4.03. The highest BCUT2D eigenvalue weighted by Crippen LogP contribution is 2.43. The molecule has 2 aromatic heterocycles. The quantitative estimate of drug-likeness (QED) is 0.389. The summed E-state index contributed by atoms with van der Waals surface area (Å²) in [7, 11) is 1.55. The van der Waals surface area contributed by atoms with Crippen molar-refractivity contribution in [2.24, 2.45) is 0 Å². The van der Waals surface area contributed by atoms with Gasteiger partial charge in [-0.05, 0) is 29.5 Å². The van der Waals surface area contributed by atoms with Gasteiger partial charge < -0.3 is 18.9 Å². The lowest BCUT2D eigenvalue weighted by Crippen LogP contribution is -2.26. The lowest BCUT2D eigenvalue weighted by Gasteiger charge is -2.11. The van der Waals surface area contributed by atoms with Crippen LogP contribution < -0.4 is 24.3 Å². The monoisotopic (exact) mass is 498 g/mol. The lowest BCUT2D eigenvalue weighted by molar-refractivity contribution is -0.287. The summed E-state index contributed by atoms with van der Waals surface area (Å²) >= 11 is 0.981. The van der Waals surface area contributed by atoms with Gasteiger partial charge in [0.05, 0.1) is 12.7 Å². The number of pyridine rings is 1. The van der Waals surface area contributed by atoms with Crippen LogP contribution in [0.5, 0.6) is 22.4 Å². The van der Waals surface area contributed by atoms with Crippen LogP contribution in [-0.2, 0) is 6.61 Å². The zero-order chi connectivity index (χ0) is 24.4. The molecule has 1 N–H and O–H groups in total. The molecular weight excluding hydrogens is 482 g/mol. The second-order valence-electron chi connectivity index (χ2n) is 7.15. The second-order valence-corrected chi connectivity index (χ2v) is 8.09. The summed E-state index contributed by atoms with van der Waals surface area (Å²) in [6, 6.07) is 13.3. The number of benzene rings is 2. The smallest absolute Gasteiger partial charge is 0.496 e. The minimum Gasteiger partial charge on any atom is -0.496 e. The molecule has 5 rings (SSSR count). The van der Waals surface area contributed by atoms with E-state index in [1.165, 1.54) is 12.3 Å². The Balaban J connectivity index is 1.29. The predicted octanol–water partition coefficient (Wildman–Crippen LogP) is 4.76. The number of hydrogen-bond acceptors (Lipinski definition) is 9. The normalized spacial score (nSPS) is 13.3. The van der Waals surface area contributed by atoms with Crippen molar-refractivity contribution in [2.75, 3.05) is 12.4 Å². The molecule has 0 radical (unpaired) electrons. The number of nitrogens with one attached hydrogen (secondary N) is 1. The van der Waals surface area contributed by atoms with Crippen LogP contribution in [0.4, 0.5) is 13.9 Å². The molecule has 0 unspecified atom stereocenters. The summed E-state index contributed by atoms with van der Waals surface area (Å²) in [5, 5.41) is 10.8. The van der Waals surface area contributed by atoms with Crippen molar-refractivity contribution in [2.45, 2.75) is 12.9 Å². The molecule has 4 aromatic rings. The van der Waals surface area contributed by atoms with Crippen LogP contribution in [0.1, 0.15) is 15.9 Å². The topological polar surface area (TPSA) is 105 Å². The third-order valence-electron chi connectivity index (χ3n) is 4.95. The molecule has 35 heavy (non-hydrogen) atoms. The summed E-state index contributed by atoms with van der Waals surface area (Å²) in [6.07, 6.45) is -0.640. The third kappa shape index (κ3) is 4.68. The van der Waals surface area contributed by atoms with Crippen LogP contribution in [0.15, 0.2) is 60.9 Å². The van der Waals surface area contributed by atoms with E-state index in [0.717, 1.165) is 11.3 Å². The fourth-order valence-electron chi connectivity index (χ4n) is 3.44. The number of halogens is 2. The minimum atomic E-state index is -3.73. The average molecular weight is 498 g/mol. The van der Waals surface area contributed by atoms with Crippen molar-refractivity contribution in [1.82, 2.24) is 15.2 Å². The molecular formula is C23H16F2N4O5S. The van der Waals surface area contributed by atoms with Gasteiger partial charge in [0, 0.05) is 29.1 Å². The maximum absolute atomic E-state index is 13.4. The maximum atomic E-state index is 13.4. The SMILES string of the molecule is COc1ccccc1-c1cnccc1C(=O)Nc1nnc(OCc2cccc3c2OC(F)(F)O3)s1. The summed E-state index contributed by atoms with van der Waals surface area (Å²) in [4.78, 5) is 17.1. The fraction of sp³-hybridized carbons (Fsp3) is 0.130. The van der Waals surface area contributed by atoms with Crippen LogP contribution in [-0.4, -0.2) is 34.5 Å². The van der Waals surface area contributed by atoms with Crippen LogP contribution in [0, 0.1) is 0 Å². The number of para-hydroxylation sites is 2. The van der Waals surface area contributed by atoms with Gasteiger partial charge in [0.15, 0.2) is 11.5 Å². The van der Waals surface area contributed by atoms with Crippen molar-refractivity contribution < 1.29 is 32.5 Å². The van der Waals surface area contributed by atoms with E-state index >= 15 is 0 Å². The molecule has 0 saturated carbocycles. The van der Waals surface area contributed by atoms with E-state index in [9.17, 15) is 13.6 Å². The highest BCUT2D eigenvalue weighted by Gasteiger charge is 2.44. The average Bonchev–Trinajstić information content (AvgIpc) is 3.44. The number of nitrogens with zero attached hydrogens (tertiary/aromatic N) is 3. The molecule has 1 aliphatic rings. The number of carbonyl (C=O) groups excluding carboxylic acids is 1. The number of fused-ring (bicyclic) bond motifs is 1. The molecule has 2 aromatic carbocycles. The Labute approximate surface area is 201 Å². The molecule has 3 heterocycles. The molecule has 178 valence electrons. The van der Waals surface area contributed by atoms with E-state index in [1.54, 1.807) is 37.6 Å². The van der Waals surface area contributed by atoms with Gasteiger partial charge in [0.1, 0.15) is 12.4 Å². The Morgan fingerprint density at radius 1 is 1.09 bits per heavy atom. The van der Waals surface area contributed by atoms with Crippen molar-refractivity contribution in [3.8, 4) is 33.6 Å². The Morgan fingerprint density at radius 2 is 1.94 bits per heavy atom. The van der Waals surface area contributed by atoms with E-state index < -0.39 is 12.2 Å². The molecule has 12 heteroatoms. The van der Waals surface area contributed by atoms with Crippen molar-refractivity contribution in [3.63, 3.8) is 0 Å². The number of hydrogen-bond donors (Lipinski definition) is 1. The van der Waals surface area contributed by atoms with E-state index in [0.29, 0.717) is 28.0 Å². The van der Waals surface area contributed by atoms with Gasteiger partial charge in [-0.1, -0.05) is 35.4 Å². The molecule has 0 aliphatic carbocycles. The lowest BCUT2D eigenvalue weighted by atomic mass is 10.0. The van der Waals surface area contributed by atoms with Gasteiger partial charge in [-0.3, -0.25) is 15.1 Å². The number of amides is 1. The predicted molar refractivity (Wildman–Crippen MR) is 121 cm³/mol. The first-order valence-electron chi connectivity index (χ1n) is 10.2. The number of carbonyl (C=O) groups is 1. The van der Waals surface area contributed by atoms with Crippen LogP contribution in [0.25, 0.3) is 11.1 Å². The third-order valence-corrected chi connectivity index (χ3v) is 5.70. The van der Waals surface area contributed by atoms with Crippen molar-refractivity contribution in [1.29, 1.82) is 0 Å². The van der Waals surface area contributed by atoms with Gasteiger partial charge in [-0.2, -0.15) is 0 Å². The first-order chi connectivity index (χ1) is 16.9. The first-order valence-corrected chi connectivity index (χ1v) is 11.0. The number of ether oxygens (including phenoxy) is 4. The van der Waals surface area contributed by atoms with E-state index in [4.69, 9.17) is 9.47 Å². The zero-order valence-corrected chi connectivity index (χ0v) is 18.8. The van der Waals surface area contributed by atoms with E-state index in [2.05, 4.69) is 30.0 Å². The van der Waals surface area contributed by atoms with E-state index in [-0.39, 0.29) is 28.4 Å². The molecule has 9 nitrogen and oxygen atoms in total. The number of alkyl halides is 2. The van der Waals surface area contributed by atoms with Gasteiger partial charge in [0.2, 0.25) is 5.13 Å². The van der Waals surface area contributed by atoms with Gasteiger partial charge in [-0.25, -0.2) is 0 Å². The Morgan fingerprint density at radius 3 is 2.80 bits per heavy atom. The second kappa shape index (κ2) is 9.14. The van der Waals surface area contributed by atoms with Gasteiger partial charge in [0.25, 0.3) is 11.1 Å². The summed E-state index contributed by atoms with van der Waals surface area (Å²) < 4.78 is 46.7. The van der Waals surface area contributed by atoms with Crippen molar-refractivity contribution >= 4 is 22.4 Å². The van der Waals surface area contributed by atoms with Gasteiger partial charge in [-0.15, -0.1) is 13.9 Å². The summed E-state index contributed by atoms with van der Waals surface area (Å²) in [5.41, 5.74) is 2.00. The minimum absolute atomic E-state index is 0.0792. The summed E-state index contributed by atoms with van der Waals surface area (Å²) in [6.45, 7) is -0.118. The van der Waals surface area contributed by atoms with E-state index in [1.807, 2.05) is 18.2 Å². The van der Waals surface area contributed by atoms with Crippen molar-refractivity contribution in [3.05, 3.63) is 72.1 Å². The Bertz CT molecular complexity index is 1400. The number of anilines is 1. The molecule has 0 atom stereocenters. The molecule has 0 spiro atoms. The maximum Gasteiger partial charge on any atom is 0.586 e. The molecule has 1 amide bonds. The van der Waals surface area contributed by atoms with Gasteiger partial charge >= 0.3 is 6.29 Å². The Kier molecular flexibility index (Phi) is 5.87. The Hall–Kier alpha value is -4.32. The van der Waals surface area contributed by atoms with Crippen LogP contribution in [0.3, 0.4) is 0 Å². The zero-order valence-electron chi connectivity index (χ0n) is 18.0. The highest BCUT2D eigenvalue weighted by atomic mass is 32.1. The molecule has 0 saturated heterocycles.